The smallest absolute Gasteiger partial charge is 0.109 e. The lowest BCUT2D eigenvalue weighted by molar-refractivity contribution is 0.437. The van der Waals surface area contributed by atoms with E-state index in [9.17, 15) is 0 Å². The molecule has 82 valence electrons. The number of nitrogens with two attached hydrogens (primary N) is 1. The van der Waals surface area contributed by atoms with Gasteiger partial charge in [0.25, 0.3) is 0 Å². The fraction of sp³-hybridized carbons (Fsp3) is 0.583. The molecule has 2 rings (SSSR count). The van der Waals surface area contributed by atoms with Crippen LogP contribution in [0.15, 0.2) is 28.5 Å². The standard InChI is InChI=1S/C12H19N3/c1-9-11(6-7-13)10(2)15-8-4-3-5-12(15)14-9/h2-8,13H2,1H3. The van der Waals surface area contributed by atoms with Crippen molar-refractivity contribution < 1.29 is 0 Å². The summed E-state index contributed by atoms with van der Waals surface area (Å²) in [6.07, 6.45) is 4.47. The Kier molecular flexibility index (Phi) is 2.91. The Morgan fingerprint density at radius 1 is 1.47 bits per heavy atom. The maximum atomic E-state index is 5.61. The minimum absolute atomic E-state index is 0.671. The Morgan fingerprint density at radius 2 is 2.27 bits per heavy atom. The molecule has 1 fully saturated rings. The van der Waals surface area contributed by atoms with Crippen LogP contribution in [0.1, 0.15) is 32.6 Å². The van der Waals surface area contributed by atoms with E-state index in [2.05, 4.69) is 23.4 Å². The number of rotatable bonds is 2. The molecule has 0 aliphatic carbocycles. The predicted molar refractivity (Wildman–Crippen MR) is 63.5 cm³/mol. The number of hydrogen-bond donors (Lipinski definition) is 1. The van der Waals surface area contributed by atoms with Gasteiger partial charge in [-0.2, -0.15) is 0 Å². The highest BCUT2D eigenvalue weighted by atomic mass is 15.2. The third-order valence-corrected chi connectivity index (χ3v) is 3.15. The number of nitrogens with zero attached hydrogens (tertiary/aromatic N) is 2. The summed E-state index contributed by atoms with van der Waals surface area (Å²) in [5.41, 5.74) is 9.09. The number of hydrogen-bond acceptors (Lipinski definition) is 3. The number of aliphatic imine (C=N–C) groups is 1. The Bertz CT molecular complexity index is 339. The lowest BCUT2D eigenvalue weighted by Gasteiger charge is -2.36. The first kappa shape index (κ1) is 10.4. The normalized spacial score (nSPS) is 21.6. The van der Waals surface area contributed by atoms with Gasteiger partial charge in [0.2, 0.25) is 0 Å². The van der Waals surface area contributed by atoms with E-state index >= 15 is 0 Å². The van der Waals surface area contributed by atoms with E-state index in [-0.39, 0.29) is 0 Å². The van der Waals surface area contributed by atoms with Crippen molar-refractivity contribution in [2.75, 3.05) is 13.1 Å². The SMILES string of the molecule is C=C1C(CCN)=C(C)N=C2CCCCN12. The molecule has 1 saturated heterocycles. The van der Waals surface area contributed by atoms with Gasteiger partial charge in [0, 0.05) is 24.4 Å². The maximum Gasteiger partial charge on any atom is 0.109 e. The van der Waals surface area contributed by atoms with E-state index in [1.807, 2.05) is 0 Å². The fourth-order valence-electron chi connectivity index (χ4n) is 2.33. The van der Waals surface area contributed by atoms with Gasteiger partial charge in [-0.25, -0.2) is 4.99 Å². The summed E-state index contributed by atoms with van der Waals surface area (Å²) in [7, 11) is 0. The summed E-state index contributed by atoms with van der Waals surface area (Å²) < 4.78 is 0. The molecule has 3 nitrogen and oxygen atoms in total. The molecule has 3 heteroatoms. The highest BCUT2D eigenvalue weighted by molar-refractivity contribution is 5.87. The van der Waals surface area contributed by atoms with Crippen LogP contribution in [0.25, 0.3) is 0 Å². The zero-order valence-corrected chi connectivity index (χ0v) is 9.42. The largest absolute Gasteiger partial charge is 0.330 e. The molecule has 0 aromatic rings. The molecule has 0 aromatic carbocycles. The lowest BCUT2D eigenvalue weighted by Crippen LogP contribution is -2.37. The lowest BCUT2D eigenvalue weighted by atomic mass is 10.0. The van der Waals surface area contributed by atoms with Crippen molar-refractivity contribution in [1.82, 2.24) is 4.90 Å². The van der Waals surface area contributed by atoms with Gasteiger partial charge in [-0.15, -0.1) is 0 Å². The van der Waals surface area contributed by atoms with Gasteiger partial charge >= 0.3 is 0 Å². The summed E-state index contributed by atoms with van der Waals surface area (Å²) in [6.45, 7) is 7.98. The summed E-state index contributed by atoms with van der Waals surface area (Å²) >= 11 is 0. The monoisotopic (exact) mass is 205 g/mol. The Hall–Kier alpha value is -1.09. The molecule has 0 saturated carbocycles. The fourth-order valence-corrected chi connectivity index (χ4v) is 2.33. The highest BCUT2D eigenvalue weighted by Gasteiger charge is 2.25. The Balaban J connectivity index is 2.30. The van der Waals surface area contributed by atoms with Crippen molar-refractivity contribution >= 4 is 5.84 Å². The quantitative estimate of drug-likeness (QED) is 0.749. The second-order valence-electron chi connectivity index (χ2n) is 4.19. The van der Waals surface area contributed by atoms with Crippen LogP contribution < -0.4 is 5.73 Å². The number of fused-ring (bicyclic) bond motifs is 1. The van der Waals surface area contributed by atoms with Gasteiger partial charge in [-0.1, -0.05) is 6.58 Å². The van der Waals surface area contributed by atoms with Crippen LogP contribution in [0.5, 0.6) is 0 Å². The molecule has 0 aromatic heterocycles. The van der Waals surface area contributed by atoms with Crippen molar-refractivity contribution in [3.05, 3.63) is 23.5 Å². The molecular formula is C12H19N3. The molecule has 0 spiro atoms. The molecule has 2 aliphatic rings. The summed E-state index contributed by atoms with van der Waals surface area (Å²) in [5, 5.41) is 0. The van der Waals surface area contributed by atoms with Crippen molar-refractivity contribution in [3.8, 4) is 0 Å². The van der Waals surface area contributed by atoms with Crippen molar-refractivity contribution in [2.24, 2.45) is 10.7 Å². The second kappa shape index (κ2) is 4.19. The van der Waals surface area contributed by atoms with Crippen molar-refractivity contribution in [1.29, 1.82) is 0 Å². The molecular weight excluding hydrogens is 186 g/mol. The Morgan fingerprint density at radius 3 is 3.00 bits per heavy atom. The topological polar surface area (TPSA) is 41.6 Å². The van der Waals surface area contributed by atoms with Crippen LogP contribution in [-0.4, -0.2) is 23.8 Å². The van der Waals surface area contributed by atoms with Crippen molar-refractivity contribution in [3.63, 3.8) is 0 Å². The van der Waals surface area contributed by atoms with Gasteiger partial charge in [0.1, 0.15) is 5.84 Å². The van der Waals surface area contributed by atoms with Crippen LogP contribution in [0.4, 0.5) is 0 Å². The van der Waals surface area contributed by atoms with Gasteiger partial charge in [-0.3, -0.25) is 0 Å². The second-order valence-corrected chi connectivity index (χ2v) is 4.19. The molecule has 2 aliphatic heterocycles. The molecule has 2 heterocycles. The minimum Gasteiger partial charge on any atom is -0.330 e. The summed E-state index contributed by atoms with van der Waals surface area (Å²) in [6, 6.07) is 0. The average molecular weight is 205 g/mol. The molecule has 0 bridgehead atoms. The van der Waals surface area contributed by atoms with E-state index in [1.165, 1.54) is 24.3 Å². The first-order valence-corrected chi connectivity index (χ1v) is 5.68. The number of allylic oxidation sites excluding steroid dienone is 2. The molecule has 0 unspecified atom stereocenters. The van der Waals surface area contributed by atoms with E-state index in [0.29, 0.717) is 6.54 Å². The predicted octanol–water partition coefficient (Wildman–Crippen LogP) is 2.02. The number of piperidine rings is 1. The zero-order chi connectivity index (χ0) is 10.8. The molecule has 0 radical (unpaired) electrons. The number of amidine groups is 1. The average Bonchev–Trinajstić information content (AvgIpc) is 2.24. The maximum absolute atomic E-state index is 5.61. The van der Waals surface area contributed by atoms with Gasteiger partial charge < -0.3 is 10.6 Å². The van der Waals surface area contributed by atoms with Gasteiger partial charge in [0.05, 0.1) is 0 Å². The first-order valence-electron chi connectivity index (χ1n) is 5.68. The van der Waals surface area contributed by atoms with Crippen molar-refractivity contribution in [2.45, 2.75) is 32.6 Å². The minimum atomic E-state index is 0.671. The molecule has 0 atom stereocenters. The van der Waals surface area contributed by atoms with E-state index in [1.54, 1.807) is 0 Å². The highest BCUT2D eigenvalue weighted by Crippen LogP contribution is 2.30. The third kappa shape index (κ3) is 1.84. The van der Waals surface area contributed by atoms with E-state index in [0.717, 1.165) is 30.8 Å². The Labute approximate surface area is 91.4 Å². The van der Waals surface area contributed by atoms with E-state index in [4.69, 9.17) is 5.73 Å². The van der Waals surface area contributed by atoms with Crippen LogP contribution in [-0.2, 0) is 0 Å². The van der Waals surface area contributed by atoms with Crippen LogP contribution in [0.3, 0.4) is 0 Å². The van der Waals surface area contributed by atoms with Crippen LogP contribution >= 0.6 is 0 Å². The summed E-state index contributed by atoms with van der Waals surface area (Å²) in [5.74, 6) is 1.20. The third-order valence-electron chi connectivity index (χ3n) is 3.15. The molecule has 15 heavy (non-hydrogen) atoms. The first-order chi connectivity index (χ1) is 7.24. The molecule has 2 N–H and O–H groups in total. The van der Waals surface area contributed by atoms with Gasteiger partial charge in [0.15, 0.2) is 0 Å². The van der Waals surface area contributed by atoms with Crippen LogP contribution in [0.2, 0.25) is 0 Å². The summed E-state index contributed by atoms with van der Waals surface area (Å²) in [4.78, 5) is 6.93. The van der Waals surface area contributed by atoms with E-state index < -0.39 is 0 Å². The van der Waals surface area contributed by atoms with Crippen LogP contribution in [0, 0.1) is 0 Å². The van der Waals surface area contributed by atoms with Gasteiger partial charge in [-0.05, 0) is 38.3 Å². The molecule has 0 amide bonds. The zero-order valence-electron chi connectivity index (χ0n) is 9.42.